The molecule has 0 aromatic heterocycles. The first-order valence-electron chi connectivity index (χ1n) is 11.1. The van der Waals surface area contributed by atoms with Crippen LogP contribution in [0, 0.1) is 6.92 Å². The van der Waals surface area contributed by atoms with Crippen molar-refractivity contribution in [1.29, 1.82) is 0 Å². The fraction of sp³-hybridized carbons (Fsp3) is 0.682. The van der Waals surface area contributed by atoms with Crippen LogP contribution >= 0.6 is 0 Å². The number of sulfonamides is 1. The number of nitrogens with zero attached hydrogens (tertiary/aromatic N) is 2. The number of piperidine rings is 1. The molecule has 0 spiro atoms. The summed E-state index contributed by atoms with van der Waals surface area (Å²) in [7, 11) is -3.29. The number of aryl methyl sites for hydroxylation is 1. The summed E-state index contributed by atoms with van der Waals surface area (Å²) >= 11 is 0. The van der Waals surface area contributed by atoms with Gasteiger partial charge in [-0.15, -0.1) is 0 Å². The van der Waals surface area contributed by atoms with E-state index in [1.165, 1.54) is 0 Å². The van der Waals surface area contributed by atoms with Crippen LogP contribution in [0.5, 0.6) is 0 Å². The largest absolute Gasteiger partial charge is 0.372 e. The average Bonchev–Trinajstić information content (AvgIpc) is 2.69. The van der Waals surface area contributed by atoms with Gasteiger partial charge in [-0.3, -0.25) is 0 Å². The summed E-state index contributed by atoms with van der Waals surface area (Å²) in [6.07, 6.45) is 1.61. The van der Waals surface area contributed by atoms with Gasteiger partial charge in [-0.2, -0.15) is 0 Å². The molecule has 0 radical (unpaired) electrons. The van der Waals surface area contributed by atoms with Gasteiger partial charge < -0.3 is 19.9 Å². The third-order valence-corrected chi connectivity index (χ3v) is 7.87. The summed E-state index contributed by atoms with van der Waals surface area (Å²) in [5, 5.41) is 2.56. The molecular weight excluding hydrogens is 416 g/mol. The predicted molar refractivity (Wildman–Crippen MR) is 124 cm³/mol. The molecule has 2 aliphatic heterocycles. The molecule has 9 heteroatoms. The van der Waals surface area contributed by atoms with Gasteiger partial charge in [0, 0.05) is 43.6 Å². The molecule has 0 bridgehead atoms. The lowest BCUT2D eigenvalue weighted by molar-refractivity contribution is -0.00522. The molecule has 1 aromatic carbocycles. The van der Waals surface area contributed by atoms with Crippen molar-refractivity contribution in [2.24, 2.45) is 0 Å². The summed E-state index contributed by atoms with van der Waals surface area (Å²) in [5.74, 6) is 0. The van der Waals surface area contributed by atoms with E-state index >= 15 is 0 Å². The Labute approximate surface area is 186 Å². The van der Waals surface area contributed by atoms with E-state index in [9.17, 15) is 13.2 Å². The van der Waals surface area contributed by atoms with E-state index in [-0.39, 0.29) is 24.3 Å². The molecule has 3 rings (SSSR count). The van der Waals surface area contributed by atoms with E-state index in [1.54, 1.807) is 18.7 Å². The zero-order valence-corrected chi connectivity index (χ0v) is 20.0. The van der Waals surface area contributed by atoms with Crippen LogP contribution in [0.15, 0.2) is 18.2 Å². The maximum absolute atomic E-state index is 12.7. The van der Waals surface area contributed by atoms with E-state index in [1.807, 2.05) is 19.1 Å². The number of hydrogen-bond donors (Lipinski definition) is 2. The maximum Gasteiger partial charge on any atom is 0.321 e. The minimum absolute atomic E-state index is 0.115. The molecule has 2 atom stereocenters. The van der Waals surface area contributed by atoms with E-state index in [0.29, 0.717) is 25.9 Å². The zero-order chi connectivity index (χ0) is 22.8. The molecule has 2 fully saturated rings. The third kappa shape index (κ3) is 6.11. The quantitative estimate of drug-likeness (QED) is 0.717. The van der Waals surface area contributed by atoms with Crippen molar-refractivity contribution in [2.75, 3.05) is 36.4 Å². The normalized spacial score (nSPS) is 23.3. The number of morpholine rings is 1. The highest BCUT2D eigenvalue weighted by atomic mass is 32.2. The Hall–Kier alpha value is -1.84. The fourth-order valence-electron chi connectivity index (χ4n) is 4.14. The molecule has 0 saturated carbocycles. The molecule has 0 aliphatic carbocycles. The first kappa shape index (κ1) is 23.8. The van der Waals surface area contributed by atoms with Gasteiger partial charge in [0.2, 0.25) is 10.0 Å². The Morgan fingerprint density at radius 2 is 1.74 bits per heavy atom. The van der Waals surface area contributed by atoms with Gasteiger partial charge in [-0.05, 0) is 71.2 Å². The van der Waals surface area contributed by atoms with Crippen molar-refractivity contribution < 1.29 is 17.9 Å². The minimum atomic E-state index is -3.29. The van der Waals surface area contributed by atoms with Gasteiger partial charge in [-0.1, -0.05) is 0 Å². The van der Waals surface area contributed by atoms with E-state index in [2.05, 4.69) is 34.9 Å². The number of ether oxygens (including phenoxy) is 1. The van der Waals surface area contributed by atoms with E-state index in [4.69, 9.17) is 4.74 Å². The van der Waals surface area contributed by atoms with E-state index in [0.717, 1.165) is 30.0 Å². The van der Waals surface area contributed by atoms with Crippen molar-refractivity contribution in [3.8, 4) is 0 Å². The molecule has 2 N–H and O–H groups in total. The standard InChI is InChI=1S/C22H36N4O4S/c1-15(2)31(28,29)24-19-8-10-25(11-9-19)22(27)23-21-7-6-20(12-16(21)3)26-13-17(4)30-18(5)14-26/h6-7,12,15,17-19,24H,8-11,13-14H2,1-5H3,(H,23,27). The number of carbonyl (C=O) groups excluding carboxylic acids is 1. The number of benzene rings is 1. The van der Waals surface area contributed by atoms with Crippen LogP contribution in [-0.2, 0) is 14.8 Å². The fourth-order valence-corrected chi connectivity index (χ4v) is 5.11. The smallest absolute Gasteiger partial charge is 0.321 e. The molecule has 2 heterocycles. The zero-order valence-electron chi connectivity index (χ0n) is 19.2. The van der Waals surface area contributed by atoms with Gasteiger partial charge in [0.05, 0.1) is 17.5 Å². The topological polar surface area (TPSA) is 91.0 Å². The highest BCUT2D eigenvalue weighted by Gasteiger charge is 2.28. The minimum Gasteiger partial charge on any atom is -0.372 e. The van der Waals surface area contributed by atoms with Gasteiger partial charge in [-0.25, -0.2) is 17.9 Å². The summed E-state index contributed by atoms with van der Waals surface area (Å²) in [6.45, 7) is 12.3. The number of urea groups is 1. The SMILES string of the molecule is Cc1cc(N2CC(C)OC(C)C2)ccc1NC(=O)N1CCC(NS(=O)(=O)C(C)C)CC1. The molecule has 2 aliphatic rings. The second-order valence-electron chi connectivity index (χ2n) is 9.06. The van der Waals surface area contributed by atoms with Crippen LogP contribution < -0.4 is 14.9 Å². The molecule has 2 unspecified atom stereocenters. The third-order valence-electron chi connectivity index (χ3n) is 5.97. The van der Waals surface area contributed by atoms with Crippen LogP contribution in [0.2, 0.25) is 0 Å². The van der Waals surface area contributed by atoms with Crippen molar-refractivity contribution in [2.45, 2.75) is 71.0 Å². The number of amides is 2. The van der Waals surface area contributed by atoms with Gasteiger partial charge in [0.15, 0.2) is 0 Å². The lowest BCUT2D eigenvalue weighted by Gasteiger charge is -2.37. The molecule has 2 amide bonds. The summed E-state index contributed by atoms with van der Waals surface area (Å²) in [5.41, 5.74) is 2.94. The monoisotopic (exact) mass is 452 g/mol. The van der Waals surface area contributed by atoms with Crippen LogP contribution in [0.4, 0.5) is 16.2 Å². The molecule has 174 valence electrons. The van der Waals surface area contributed by atoms with Crippen molar-refractivity contribution >= 4 is 27.4 Å². The van der Waals surface area contributed by atoms with Crippen molar-refractivity contribution in [3.05, 3.63) is 23.8 Å². The van der Waals surface area contributed by atoms with Crippen LogP contribution in [0.25, 0.3) is 0 Å². The van der Waals surface area contributed by atoms with Gasteiger partial charge in [0.25, 0.3) is 0 Å². The lowest BCUT2D eigenvalue weighted by atomic mass is 10.1. The van der Waals surface area contributed by atoms with Crippen LogP contribution in [-0.4, -0.2) is 69.0 Å². The number of likely N-dealkylation sites (tertiary alicyclic amines) is 1. The number of nitrogens with one attached hydrogen (secondary N) is 2. The van der Waals surface area contributed by atoms with Crippen LogP contribution in [0.3, 0.4) is 0 Å². The Bertz CT molecular complexity index is 871. The molecule has 2 saturated heterocycles. The lowest BCUT2D eigenvalue weighted by Crippen LogP contribution is -2.48. The highest BCUT2D eigenvalue weighted by Crippen LogP contribution is 2.26. The number of carbonyl (C=O) groups is 1. The molecule has 1 aromatic rings. The summed E-state index contributed by atoms with van der Waals surface area (Å²) in [6, 6.07) is 5.84. The molecule has 8 nitrogen and oxygen atoms in total. The van der Waals surface area contributed by atoms with Crippen LogP contribution in [0.1, 0.15) is 46.1 Å². The molecular formula is C22H36N4O4S. The predicted octanol–water partition coefficient (Wildman–Crippen LogP) is 2.93. The Kier molecular flexibility index (Phi) is 7.49. The average molecular weight is 453 g/mol. The number of rotatable bonds is 5. The first-order valence-corrected chi connectivity index (χ1v) is 12.7. The first-order chi connectivity index (χ1) is 14.5. The Morgan fingerprint density at radius 1 is 1.13 bits per heavy atom. The van der Waals surface area contributed by atoms with Crippen molar-refractivity contribution in [1.82, 2.24) is 9.62 Å². The van der Waals surface area contributed by atoms with E-state index < -0.39 is 15.3 Å². The highest BCUT2D eigenvalue weighted by molar-refractivity contribution is 7.90. The van der Waals surface area contributed by atoms with Gasteiger partial charge in [0.1, 0.15) is 0 Å². The summed E-state index contributed by atoms with van der Waals surface area (Å²) < 4.78 is 32.7. The Balaban J connectivity index is 1.55. The second-order valence-corrected chi connectivity index (χ2v) is 11.3. The number of hydrogen-bond acceptors (Lipinski definition) is 5. The van der Waals surface area contributed by atoms with Gasteiger partial charge >= 0.3 is 6.03 Å². The van der Waals surface area contributed by atoms with Crippen molar-refractivity contribution in [3.63, 3.8) is 0 Å². The number of anilines is 2. The second kappa shape index (κ2) is 9.75. The Morgan fingerprint density at radius 3 is 2.29 bits per heavy atom. The maximum atomic E-state index is 12.7. The molecule has 31 heavy (non-hydrogen) atoms. The summed E-state index contributed by atoms with van der Waals surface area (Å²) in [4.78, 5) is 16.8.